The fraction of sp³-hybridized carbons (Fsp3) is 0.367. The molecular formula is C60H68F8N4O8. The van der Waals surface area contributed by atoms with Gasteiger partial charge in [-0.2, -0.15) is 22.0 Å². The van der Waals surface area contributed by atoms with Gasteiger partial charge in [-0.15, -0.1) is 13.2 Å². The van der Waals surface area contributed by atoms with E-state index in [1.54, 1.807) is 12.2 Å². The zero-order valence-corrected chi connectivity index (χ0v) is 45.8. The number of allylic oxidation sites excluding steroid dienone is 10. The van der Waals surface area contributed by atoms with Crippen molar-refractivity contribution in [2.45, 2.75) is 132 Å². The summed E-state index contributed by atoms with van der Waals surface area (Å²) in [6.45, 7) is 15.7. The fourth-order valence-electron chi connectivity index (χ4n) is 9.10. The van der Waals surface area contributed by atoms with Crippen LogP contribution < -0.4 is 19.6 Å². The summed E-state index contributed by atoms with van der Waals surface area (Å²) in [6.07, 6.45) is 5.51. The number of amides is 2. The summed E-state index contributed by atoms with van der Waals surface area (Å²) >= 11 is 0. The molecule has 2 heterocycles. The van der Waals surface area contributed by atoms with Gasteiger partial charge in [-0.3, -0.25) is 14.5 Å². The first kappa shape index (κ1) is 62.9. The van der Waals surface area contributed by atoms with E-state index in [1.807, 2.05) is 34.6 Å². The van der Waals surface area contributed by atoms with E-state index in [0.717, 1.165) is 89.4 Å². The normalized spacial score (nSPS) is 14.3. The highest BCUT2D eigenvalue weighted by Crippen LogP contribution is 2.56. The molecule has 4 aromatic rings. The first-order valence-corrected chi connectivity index (χ1v) is 25.7. The number of carbonyl (C=O) groups is 2. The van der Waals surface area contributed by atoms with Gasteiger partial charge in [-0.1, -0.05) is 82.0 Å². The molecule has 80 heavy (non-hydrogen) atoms. The monoisotopic (exact) mass is 1120 g/mol. The number of benzene rings is 4. The Balaban J connectivity index is 0.000000295. The Kier molecular flexibility index (Phi) is 20.7. The van der Waals surface area contributed by atoms with E-state index in [9.17, 15) is 66.6 Å². The molecule has 0 fully saturated rings. The van der Waals surface area contributed by atoms with Crippen molar-refractivity contribution in [2.75, 3.05) is 32.7 Å². The van der Waals surface area contributed by atoms with E-state index >= 15 is 8.78 Å². The van der Waals surface area contributed by atoms with E-state index < -0.39 is 111 Å². The summed E-state index contributed by atoms with van der Waals surface area (Å²) in [5.41, 5.74) is 1.80. The Bertz CT molecular complexity index is 3110. The Morgan fingerprint density at radius 2 is 0.800 bits per heavy atom. The summed E-state index contributed by atoms with van der Waals surface area (Å²) in [5, 5.41) is 62.4. The van der Waals surface area contributed by atoms with Gasteiger partial charge in [0.25, 0.3) is 11.8 Å². The second-order valence-corrected chi connectivity index (χ2v) is 20.4. The molecule has 0 bridgehead atoms. The standard InChI is InChI=1S/C31H35F5N2O4.C29H33F3N2O4/c1-19(2)8-5-9-20(3)10-6-11-21(4)14-15-37-24-16-22(39)17-26(41)28(24)38(31(35,36)18-30(32,33)34)27-23(29(37)42)12-7-13-25(27)40;1-18(2)8-5-9-19(3)10-6-11-20(4)14-15-33-23-16-21(35)17-25(37)27(23)34(29(30,31)32)26-22(28(33)38)12-7-13-24(26)36/h7-8,10,12-14,16-17,39-41H,5-6,9,11,15,18H2,1-4H3;7-8,10,12-14,16-17,35-37H,5-6,9,11,15H2,1-4H3/b20-10+,21-14+;19-10+,20-14+. The van der Waals surface area contributed by atoms with Gasteiger partial charge in [0.2, 0.25) is 0 Å². The fourth-order valence-corrected chi connectivity index (χ4v) is 9.10. The zero-order chi connectivity index (χ0) is 59.6. The predicted molar refractivity (Wildman–Crippen MR) is 296 cm³/mol. The van der Waals surface area contributed by atoms with Gasteiger partial charge >= 0.3 is 18.5 Å². The number of halogens is 8. The molecule has 0 aliphatic carbocycles. The topological polar surface area (TPSA) is 168 Å². The van der Waals surface area contributed by atoms with Gasteiger partial charge in [-0.25, -0.2) is 4.90 Å². The average Bonchev–Trinajstić information content (AvgIpc) is 3.77. The van der Waals surface area contributed by atoms with Crippen molar-refractivity contribution in [2.24, 2.45) is 0 Å². The van der Waals surface area contributed by atoms with E-state index in [1.165, 1.54) is 40.5 Å². The highest BCUT2D eigenvalue weighted by Gasteiger charge is 2.53. The van der Waals surface area contributed by atoms with Crippen LogP contribution in [0.25, 0.3) is 0 Å². The Morgan fingerprint density at radius 1 is 0.450 bits per heavy atom. The summed E-state index contributed by atoms with van der Waals surface area (Å²) < 4.78 is 114. The van der Waals surface area contributed by atoms with E-state index in [-0.39, 0.29) is 28.6 Å². The molecule has 0 radical (unpaired) electrons. The van der Waals surface area contributed by atoms with Gasteiger partial charge in [0.1, 0.15) is 63.7 Å². The number of carbonyl (C=O) groups excluding carboxylic acids is 2. The zero-order valence-electron chi connectivity index (χ0n) is 45.8. The van der Waals surface area contributed by atoms with Crippen LogP contribution in [0.2, 0.25) is 0 Å². The van der Waals surface area contributed by atoms with Crippen molar-refractivity contribution in [1.82, 2.24) is 0 Å². The number of hydrogen-bond donors (Lipinski definition) is 6. The number of para-hydroxylation sites is 2. The molecule has 0 aromatic heterocycles. The summed E-state index contributed by atoms with van der Waals surface area (Å²) in [6, 6.07) is 5.36. The van der Waals surface area contributed by atoms with Gasteiger partial charge < -0.3 is 40.4 Å². The van der Waals surface area contributed by atoms with Gasteiger partial charge in [0.15, 0.2) is 0 Å². The molecule has 20 heteroatoms. The van der Waals surface area contributed by atoms with Crippen LogP contribution in [0.5, 0.6) is 34.5 Å². The first-order chi connectivity index (χ1) is 37.3. The van der Waals surface area contributed by atoms with Crippen LogP contribution in [0.4, 0.5) is 69.2 Å². The largest absolute Gasteiger partial charge is 0.508 e. The SMILES string of the molecule is CC(C)=CCC/C(C)=C/CC/C(C)=C/CN1C(=O)c2cccc(O)c2N(C(F)(F)CC(F)(F)F)c2c(O)cc(O)cc21.CC(C)=CCC/C(C)=C/CC/C(C)=C/CN1C(=O)c2cccc(O)c2N(C(F)(F)F)c2c(O)cc(O)cc21. The van der Waals surface area contributed by atoms with Crippen molar-refractivity contribution in [1.29, 1.82) is 0 Å². The molecule has 0 saturated heterocycles. The van der Waals surface area contributed by atoms with E-state index in [2.05, 4.69) is 45.1 Å². The summed E-state index contributed by atoms with van der Waals surface area (Å²) in [7, 11) is 0. The molecule has 4 aromatic carbocycles. The summed E-state index contributed by atoms with van der Waals surface area (Å²) in [4.78, 5) is 28.9. The maximum atomic E-state index is 15.5. The number of aromatic hydroxyl groups is 6. The Morgan fingerprint density at radius 3 is 1.16 bits per heavy atom. The third-order valence-electron chi connectivity index (χ3n) is 13.0. The van der Waals surface area contributed by atoms with Crippen LogP contribution in [0.3, 0.4) is 0 Å². The van der Waals surface area contributed by atoms with Crippen LogP contribution in [0, 0.1) is 0 Å². The lowest BCUT2D eigenvalue weighted by molar-refractivity contribution is -0.185. The highest BCUT2D eigenvalue weighted by atomic mass is 19.4. The minimum absolute atomic E-state index is 0.107. The third kappa shape index (κ3) is 16.1. The smallest absolute Gasteiger partial charge is 0.489 e. The molecule has 2 amide bonds. The molecule has 2 aliphatic heterocycles. The van der Waals surface area contributed by atoms with Crippen LogP contribution in [0.1, 0.15) is 134 Å². The second kappa shape index (κ2) is 26.4. The number of hydrogen-bond acceptors (Lipinski definition) is 10. The minimum atomic E-state index is -5.34. The molecule has 6 rings (SSSR count). The maximum absolute atomic E-state index is 15.5. The number of nitrogens with zero attached hydrogens (tertiary/aromatic N) is 4. The third-order valence-corrected chi connectivity index (χ3v) is 13.0. The maximum Gasteiger partial charge on any atom is 0.489 e. The molecule has 0 saturated carbocycles. The molecule has 0 atom stereocenters. The molecule has 432 valence electrons. The van der Waals surface area contributed by atoms with Crippen LogP contribution in [-0.4, -0.2) is 74.1 Å². The second-order valence-electron chi connectivity index (χ2n) is 20.4. The summed E-state index contributed by atoms with van der Waals surface area (Å²) in [5.74, 6) is -6.40. The number of phenols is 6. The van der Waals surface area contributed by atoms with Crippen LogP contribution >= 0.6 is 0 Å². The lowest BCUT2D eigenvalue weighted by Crippen LogP contribution is -2.42. The lowest BCUT2D eigenvalue weighted by Gasteiger charge is -2.35. The van der Waals surface area contributed by atoms with Crippen molar-refractivity contribution in [3.8, 4) is 34.5 Å². The predicted octanol–water partition coefficient (Wildman–Crippen LogP) is 16.7. The van der Waals surface area contributed by atoms with Crippen molar-refractivity contribution >= 4 is 45.9 Å². The molecular weight excluding hydrogens is 1060 g/mol. The van der Waals surface area contributed by atoms with Crippen LogP contribution in [-0.2, 0) is 0 Å². The van der Waals surface area contributed by atoms with Crippen molar-refractivity contribution in [3.63, 3.8) is 0 Å². The molecule has 0 spiro atoms. The number of rotatable bonds is 18. The molecule has 0 unspecified atom stereocenters. The Hall–Kier alpha value is -7.90. The number of phenolic OH excluding ortho intramolecular Hbond substituents is 6. The molecule has 6 N–H and O–H groups in total. The number of anilines is 6. The highest BCUT2D eigenvalue weighted by molar-refractivity contribution is 6.17. The quantitative estimate of drug-likeness (QED) is 0.0320. The Labute approximate surface area is 460 Å². The van der Waals surface area contributed by atoms with Crippen molar-refractivity contribution in [3.05, 3.63) is 142 Å². The van der Waals surface area contributed by atoms with Crippen LogP contribution in [0.15, 0.2) is 131 Å². The van der Waals surface area contributed by atoms with E-state index in [0.29, 0.717) is 25.3 Å². The molecule has 2 aliphatic rings. The van der Waals surface area contributed by atoms with Crippen molar-refractivity contribution < 1.29 is 75.4 Å². The van der Waals surface area contributed by atoms with Gasteiger partial charge in [0.05, 0.1) is 22.5 Å². The number of fused-ring (bicyclic) bond motifs is 4. The van der Waals surface area contributed by atoms with E-state index in [4.69, 9.17) is 0 Å². The average molecular weight is 1130 g/mol. The molecule has 12 nitrogen and oxygen atoms in total. The number of alkyl halides is 8. The van der Waals surface area contributed by atoms with Gasteiger partial charge in [-0.05, 0) is 131 Å². The first-order valence-electron chi connectivity index (χ1n) is 25.7. The van der Waals surface area contributed by atoms with Gasteiger partial charge in [0, 0.05) is 37.4 Å². The lowest BCUT2D eigenvalue weighted by atomic mass is 10.1. The minimum Gasteiger partial charge on any atom is -0.508 e.